The summed E-state index contributed by atoms with van der Waals surface area (Å²) >= 11 is 30.6. The summed E-state index contributed by atoms with van der Waals surface area (Å²) in [6, 6.07) is 14.8. The molecule has 1 fully saturated rings. The number of ether oxygens (including phenoxy) is 14. The van der Waals surface area contributed by atoms with Gasteiger partial charge in [-0.05, 0) is 253 Å². The van der Waals surface area contributed by atoms with E-state index in [4.69, 9.17) is 50.2 Å². The number of hydrogen-bond acceptors (Lipinski definition) is 38. The number of hydrogen-bond donors (Lipinski definition) is 3. The summed E-state index contributed by atoms with van der Waals surface area (Å²) < 4.78 is 73.8. The molecule has 41 nitrogen and oxygen atoms in total. The third kappa shape index (κ3) is 43.7. The average molecular weight is 2640 g/mol. The van der Waals surface area contributed by atoms with Crippen molar-refractivity contribution in [2.75, 3.05) is 123 Å². The van der Waals surface area contributed by atoms with Crippen LogP contribution in [0.25, 0.3) is 0 Å². The van der Waals surface area contributed by atoms with Gasteiger partial charge in [0.15, 0.2) is 0 Å². The van der Waals surface area contributed by atoms with E-state index in [2.05, 4.69) is 222 Å². The van der Waals surface area contributed by atoms with E-state index >= 15 is 0 Å². The van der Waals surface area contributed by atoms with Gasteiger partial charge in [-0.2, -0.15) is 0 Å². The number of aryl methyl sites for hydroxylation is 2. The van der Waals surface area contributed by atoms with Gasteiger partial charge in [-0.25, -0.2) is 62.7 Å². The molecule has 12 heterocycles. The fraction of sp³-hybridized carbons (Fsp3) is 0.418. The van der Waals surface area contributed by atoms with Crippen molar-refractivity contribution in [3.05, 3.63) is 236 Å². The number of methoxy groups -OCH3 is 9. The van der Waals surface area contributed by atoms with Gasteiger partial charge in [0.25, 0.3) is 0 Å². The number of carbonyl (C=O) groups excluding carboxylic acids is 12. The SMILES string of the molecule is COC(=O)c1cnc(C)c(Br)c1.COC(=O)c1cnc(CBr)c(Br)c1.COC(=O)c1cnc(CCCCO)c(Br)c1.COC(=O)c1cnc(CN(CCO)C(=O)OC(C)(C)C)c(Br)c1.COC(=O)c1cnc(Cl)c(Br)c1.COC(=O)c1cnc(I)c(Br)c1.COC(=O)c1cnc2c(c1)OCCN(C(=O)C1CCCCC1)C2.COC(=O)c1cnc2c(c1)OCCN(C(=O)OC(C)(C)C)C2.COC(=O)c1cnc2c(c1)OCCNC2. The van der Waals surface area contributed by atoms with Gasteiger partial charge in [-0.1, -0.05) is 46.8 Å². The molecule has 4 aliphatic rings. The van der Waals surface area contributed by atoms with Crippen LogP contribution >= 0.6 is 146 Å². The van der Waals surface area contributed by atoms with E-state index in [1.807, 2.05) is 32.6 Å². The third-order valence-corrected chi connectivity index (χ3v) is 26.7. The molecule has 9 aromatic heterocycles. The van der Waals surface area contributed by atoms with Crippen LogP contribution < -0.4 is 19.5 Å². The highest BCUT2D eigenvalue weighted by atomic mass is 127. The highest BCUT2D eigenvalue weighted by Gasteiger charge is 2.32. The predicted molar refractivity (Wildman–Crippen MR) is 572 cm³/mol. The van der Waals surface area contributed by atoms with Crippen LogP contribution in [0.15, 0.2) is 137 Å². The normalized spacial score (nSPS) is 12.5. The minimum atomic E-state index is -0.635. The lowest BCUT2D eigenvalue weighted by atomic mass is 9.88. The number of carbonyl (C=O) groups is 12. The first-order valence-corrected chi connectivity index (χ1v) is 52.1. The second-order valence-corrected chi connectivity index (χ2v) is 39.9. The first-order chi connectivity index (χ1) is 70.3. The first kappa shape index (κ1) is 128. The van der Waals surface area contributed by atoms with Crippen molar-refractivity contribution in [3.8, 4) is 17.2 Å². The van der Waals surface area contributed by atoms with Crippen molar-refractivity contribution in [2.24, 2.45) is 5.92 Å². The summed E-state index contributed by atoms with van der Waals surface area (Å²) in [5, 5.41) is 21.9. The lowest BCUT2D eigenvalue weighted by Gasteiger charge is -2.27. The Morgan fingerprint density at radius 2 is 0.791 bits per heavy atom. The summed E-state index contributed by atoms with van der Waals surface area (Å²) in [6.07, 6.45) is 20.0. The summed E-state index contributed by atoms with van der Waals surface area (Å²) in [4.78, 5) is 180. The number of amides is 3. The number of esters is 9. The van der Waals surface area contributed by atoms with Crippen LogP contribution in [0.4, 0.5) is 9.59 Å². The van der Waals surface area contributed by atoms with E-state index in [-0.39, 0.29) is 62.6 Å². The number of aliphatic hydroxyl groups is 2. The zero-order valence-electron chi connectivity index (χ0n) is 83.8. The molecule has 0 atom stereocenters. The summed E-state index contributed by atoms with van der Waals surface area (Å²) in [5.74, 6) is -1.72. The number of aliphatic hydroxyl groups excluding tert-OH is 2. The molecule has 802 valence electrons. The van der Waals surface area contributed by atoms with Gasteiger partial charge in [-0.15, -0.1) is 0 Å². The van der Waals surface area contributed by atoms with Gasteiger partial charge in [0, 0.05) is 111 Å². The molecule has 0 saturated heterocycles. The number of pyridine rings is 9. The van der Waals surface area contributed by atoms with Crippen molar-refractivity contribution in [3.63, 3.8) is 0 Å². The molecular formula is C98H114Br7ClIN13O28. The highest BCUT2D eigenvalue weighted by Crippen LogP contribution is 2.32. The Balaban J connectivity index is 0.000000296. The molecule has 1 saturated carbocycles. The molecular weight excluding hydrogens is 2530 g/mol. The van der Waals surface area contributed by atoms with Gasteiger partial charge in [-0.3, -0.25) is 49.5 Å². The van der Waals surface area contributed by atoms with E-state index in [0.29, 0.717) is 150 Å². The Labute approximate surface area is 933 Å². The van der Waals surface area contributed by atoms with E-state index in [1.165, 1.54) is 136 Å². The zero-order chi connectivity index (χ0) is 110. The van der Waals surface area contributed by atoms with Gasteiger partial charge in [0.1, 0.15) is 68.5 Å². The Kier molecular flexibility index (Phi) is 57.0. The lowest BCUT2D eigenvalue weighted by molar-refractivity contribution is -0.137. The Morgan fingerprint density at radius 1 is 0.432 bits per heavy atom. The number of rotatable bonds is 19. The van der Waals surface area contributed by atoms with E-state index < -0.39 is 59.2 Å². The zero-order valence-corrected chi connectivity index (χ0v) is 97.8. The molecule has 3 amide bonds. The second-order valence-electron chi connectivity index (χ2n) is 32.8. The molecule has 0 unspecified atom stereocenters. The van der Waals surface area contributed by atoms with Crippen molar-refractivity contribution < 1.29 is 134 Å². The fourth-order valence-electron chi connectivity index (χ4n) is 12.4. The molecule has 3 aliphatic heterocycles. The predicted octanol–water partition coefficient (Wildman–Crippen LogP) is 17.8. The maximum Gasteiger partial charge on any atom is 0.410 e. The number of nitrogens with zero attached hydrogens (tertiary/aromatic N) is 12. The number of fused-ring (bicyclic) bond motifs is 3. The standard InChI is InChI=1S/C17H22N2O4.C15H21BrN2O5.C15H20N2O5.C11H14BrNO3.C10H12N2O3.C8H7Br2NO2.C8H8BrNO2.C7H5BrClNO2.C7H5BrINO2/c1-22-17(21)13-9-15-14(18-10-13)11-19(7-8-23-15)16(20)12-5-3-2-4-6-12;1-15(2,3)23-14(21)18(5-6-19)9-12-11(16)7-10(8-17-12)13(20)22-4;1-15(2,3)22-14(19)17-5-6-21-12-7-10(13(18)20-4)8-16-11(12)9-17;1-16-11(15)8-6-9(12)10(13-7-8)4-2-3-5-14;1-14-10(13)7-4-9-8(12-5-7)6-11-2-3-15-9;1-13-8(12)5-2-6(10)7(3-9)11-4-5;1-5-7(9)3-6(4-10-5)8(11)12-2;2*1-12-7(11)4-2-5(8)6(9)10-3-4/h9-10,12H,2-8,11H2,1H3;7-8,19H,5-6,9H2,1-4H3;7-8H,5-6,9H2,1-4H3;6-7,14H,2-5H2,1H3;4-5,11H,2-3,6H2,1H3;2,4H,3H2,1H3;3-4H,1-2H3;2*2-3H,1H3. The number of nitrogens with one attached hydrogen (secondary N) is 1. The molecule has 9 aromatic rings. The molecule has 13 rings (SSSR count). The molecule has 50 heteroatoms. The molecule has 3 N–H and O–H groups in total. The summed E-state index contributed by atoms with van der Waals surface area (Å²) in [7, 11) is 11.9. The number of alkyl halides is 1. The number of halogens is 9. The fourth-order valence-corrected chi connectivity index (χ4v) is 16.2. The van der Waals surface area contributed by atoms with Gasteiger partial charge < -0.3 is 86.7 Å². The van der Waals surface area contributed by atoms with Gasteiger partial charge in [0.05, 0.1) is 191 Å². The summed E-state index contributed by atoms with van der Waals surface area (Å²) in [5.41, 5.74) is 7.56. The van der Waals surface area contributed by atoms with Crippen LogP contribution in [0.3, 0.4) is 0 Å². The maximum absolute atomic E-state index is 12.7. The van der Waals surface area contributed by atoms with E-state index in [9.17, 15) is 57.5 Å². The van der Waals surface area contributed by atoms with Crippen LogP contribution in [-0.4, -0.2) is 276 Å². The minimum absolute atomic E-state index is 0.113. The van der Waals surface area contributed by atoms with E-state index in [1.54, 1.807) is 75.4 Å². The van der Waals surface area contributed by atoms with Gasteiger partial charge >= 0.3 is 65.9 Å². The van der Waals surface area contributed by atoms with Crippen molar-refractivity contribution in [2.45, 2.75) is 143 Å². The van der Waals surface area contributed by atoms with Crippen LogP contribution in [-0.2, 0) is 94.8 Å². The van der Waals surface area contributed by atoms with Crippen LogP contribution in [0.1, 0.15) is 220 Å². The largest absolute Gasteiger partial charge is 0.490 e. The summed E-state index contributed by atoms with van der Waals surface area (Å²) in [6.45, 7) is 17.2. The van der Waals surface area contributed by atoms with Crippen molar-refractivity contribution in [1.29, 1.82) is 0 Å². The molecule has 0 aromatic carbocycles. The highest BCUT2D eigenvalue weighted by molar-refractivity contribution is 14.1. The minimum Gasteiger partial charge on any atom is -0.490 e. The average Bonchev–Trinajstić information content (AvgIpc) is 1.67. The molecule has 0 bridgehead atoms. The molecule has 148 heavy (non-hydrogen) atoms. The van der Waals surface area contributed by atoms with Crippen molar-refractivity contribution in [1.82, 2.24) is 64.9 Å². The van der Waals surface area contributed by atoms with Crippen LogP contribution in [0.5, 0.6) is 17.2 Å². The Morgan fingerprint density at radius 3 is 1.19 bits per heavy atom. The van der Waals surface area contributed by atoms with Gasteiger partial charge in [0.2, 0.25) is 5.91 Å². The number of aromatic nitrogens is 9. The molecule has 1 aliphatic carbocycles. The molecule has 0 spiro atoms. The van der Waals surface area contributed by atoms with Crippen LogP contribution in [0, 0.1) is 16.5 Å². The molecule has 0 radical (unpaired) electrons. The Hall–Kier alpha value is -10.8. The Bertz CT molecular complexity index is 5860. The smallest absolute Gasteiger partial charge is 0.410 e. The van der Waals surface area contributed by atoms with Crippen LogP contribution in [0.2, 0.25) is 5.15 Å². The topological polar surface area (TPSA) is 512 Å². The first-order valence-electron chi connectivity index (χ1n) is 44.8. The third-order valence-electron chi connectivity index (χ3n) is 19.9. The number of unbranched alkanes of at least 4 members (excludes halogenated alkanes) is 1. The quantitative estimate of drug-likeness (QED) is 0.0169. The lowest BCUT2D eigenvalue weighted by Crippen LogP contribution is -2.38. The monoisotopic (exact) mass is 2640 g/mol. The van der Waals surface area contributed by atoms with Crippen molar-refractivity contribution >= 4 is 218 Å². The second kappa shape index (κ2) is 66.1. The van der Waals surface area contributed by atoms with E-state index in [0.717, 1.165) is 95.9 Å². The maximum atomic E-state index is 12.7.